The molecule has 1 unspecified atom stereocenters. The van der Waals surface area contributed by atoms with Crippen LogP contribution in [-0.2, 0) is 6.54 Å². The predicted molar refractivity (Wildman–Crippen MR) is 99.0 cm³/mol. The topological polar surface area (TPSA) is 33.1 Å². The number of likely N-dealkylation sites (tertiary alicyclic amines) is 1. The first-order valence-corrected chi connectivity index (χ1v) is 8.76. The second kappa shape index (κ2) is 7.32. The highest BCUT2D eigenvalue weighted by Crippen LogP contribution is 2.18. The van der Waals surface area contributed by atoms with Crippen molar-refractivity contribution < 1.29 is 0 Å². The predicted octanol–water partition coefficient (Wildman–Crippen LogP) is 4.16. The summed E-state index contributed by atoms with van der Waals surface area (Å²) in [6.45, 7) is 3.97. The van der Waals surface area contributed by atoms with E-state index in [4.69, 9.17) is 23.8 Å². The minimum Gasteiger partial charge on any atom is -0.346 e. The number of benzene rings is 1. The van der Waals surface area contributed by atoms with Crippen molar-refractivity contribution in [2.24, 2.45) is 0 Å². The van der Waals surface area contributed by atoms with Crippen LogP contribution >= 0.6 is 23.8 Å². The molecule has 1 fully saturated rings. The Morgan fingerprint density at radius 3 is 2.83 bits per heavy atom. The molecule has 1 aromatic heterocycles. The van der Waals surface area contributed by atoms with Crippen molar-refractivity contribution in [1.82, 2.24) is 14.7 Å². The fourth-order valence-electron chi connectivity index (χ4n) is 2.87. The molecule has 1 saturated heterocycles. The lowest BCUT2D eigenvalue weighted by atomic mass is 10.0. The van der Waals surface area contributed by atoms with E-state index in [1.54, 1.807) is 0 Å². The molecule has 0 aliphatic carbocycles. The average Bonchev–Trinajstić information content (AvgIpc) is 2.97. The van der Waals surface area contributed by atoms with Gasteiger partial charge in [-0.05, 0) is 56.1 Å². The van der Waals surface area contributed by atoms with Crippen LogP contribution in [0.2, 0.25) is 5.02 Å². The molecule has 1 atom stereocenters. The van der Waals surface area contributed by atoms with Gasteiger partial charge in [-0.25, -0.2) is 0 Å². The normalized spacial score (nSPS) is 18.0. The van der Waals surface area contributed by atoms with Crippen molar-refractivity contribution in [3.8, 4) is 0 Å². The maximum Gasteiger partial charge on any atom is 0.174 e. The van der Waals surface area contributed by atoms with Crippen LogP contribution in [0, 0.1) is 0 Å². The molecule has 1 aliphatic heterocycles. The zero-order valence-corrected chi connectivity index (χ0v) is 14.8. The number of piperidine rings is 1. The van der Waals surface area contributed by atoms with Gasteiger partial charge in [0.1, 0.15) is 0 Å². The molecule has 1 aliphatic rings. The van der Waals surface area contributed by atoms with Crippen molar-refractivity contribution in [2.45, 2.75) is 38.8 Å². The Morgan fingerprint density at radius 2 is 2.09 bits per heavy atom. The largest absolute Gasteiger partial charge is 0.346 e. The lowest BCUT2D eigenvalue weighted by Crippen LogP contribution is -2.44. The summed E-state index contributed by atoms with van der Waals surface area (Å²) < 4.78 is 1.90. The summed E-state index contributed by atoms with van der Waals surface area (Å²) >= 11 is 11.4. The molecule has 4 nitrogen and oxygen atoms in total. The van der Waals surface area contributed by atoms with E-state index < -0.39 is 0 Å². The lowest BCUT2D eigenvalue weighted by Gasteiger charge is -2.35. The van der Waals surface area contributed by atoms with E-state index >= 15 is 0 Å². The fraction of sp³-hybridized carbons (Fsp3) is 0.412. The highest BCUT2D eigenvalue weighted by molar-refractivity contribution is 7.80. The Hall–Kier alpha value is -1.59. The molecule has 122 valence electrons. The van der Waals surface area contributed by atoms with Crippen LogP contribution < -0.4 is 5.32 Å². The molecule has 1 aromatic carbocycles. The van der Waals surface area contributed by atoms with Gasteiger partial charge in [-0.15, -0.1) is 0 Å². The third-order valence-corrected chi connectivity index (χ3v) is 4.79. The first-order chi connectivity index (χ1) is 11.1. The highest BCUT2D eigenvalue weighted by Gasteiger charge is 2.20. The number of aromatic nitrogens is 2. The number of rotatable bonds is 3. The van der Waals surface area contributed by atoms with E-state index in [-0.39, 0.29) is 0 Å². The molecule has 3 rings (SSSR count). The second-order valence-electron chi connectivity index (χ2n) is 5.99. The minimum atomic E-state index is 0.500. The molecule has 0 bridgehead atoms. The van der Waals surface area contributed by atoms with Gasteiger partial charge >= 0.3 is 0 Å². The lowest BCUT2D eigenvalue weighted by molar-refractivity contribution is 0.262. The molecule has 1 N–H and O–H groups in total. The molecule has 23 heavy (non-hydrogen) atoms. The van der Waals surface area contributed by atoms with E-state index in [0.717, 1.165) is 28.1 Å². The molecule has 0 radical (unpaired) electrons. The number of anilines is 1. The van der Waals surface area contributed by atoms with Crippen molar-refractivity contribution in [1.29, 1.82) is 0 Å². The molecule has 2 aromatic rings. The number of hydrogen-bond donors (Lipinski definition) is 1. The zero-order valence-electron chi connectivity index (χ0n) is 13.2. The minimum absolute atomic E-state index is 0.500. The fourth-order valence-corrected chi connectivity index (χ4v) is 3.38. The summed E-state index contributed by atoms with van der Waals surface area (Å²) in [6.07, 6.45) is 5.65. The Morgan fingerprint density at radius 1 is 1.30 bits per heavy atom. The van der Waals surface area contributed by atoms with E-state index in [1.807, 2.05) is 41.2 Å². The van der Waals surface area contributed by atoms with Crippen LogP contribution in [0.5, 0.6) is 0 Å². The number of thiocarbonyl (C=S) groups is 1. The molecule has 0 spiro atoms. The molecule has 0 saturated carbocycles. The number of halogens is 1. The molecular weight excluding hydrogens is 328 g/mol. The molecule has 0 amide bonds. The second-order valence-corrected chi connectivity index (χ2v) is 6.82. The van der Waals surface area contributed by atoms with Gasteiger partial charge in [-0.3, -0.25) is 4.68 Å². The molecular formula is C17H21ClN4S. The summed E-state index contributed by atoms with van der Waals surface area (Å²) in [5, 5.41) is 9.33. The highest BCUT2D eigenvalue weighted by atomic mass is 35.5. The van der Waals surface area contributed by atoms with Crippen LogP contribution in [0.1, 0.15) is 31.7 Å². The summed E-state index contributed by atoms with van der Waals surface area (Å²) in [5.74, 6) is 0.793. The standard InChI is InChI=1S/C17H21ClN4S/c1-13-4-2-3-10-22(13)17(23)19-16-9-11-21(20-16)12-14-5-7-15(18)8-6-14/h5-9,11,13H,2-4,10,12H2,1H3,(H,19,20,23). The van der Waals surface area contributed by atoms with E-state index in [1.165, 1.54) is 19.3 Å². The van der Waals surface area contributed by atoms with Crippen molar-refractivity contribution >= 4 is 34.7 Å². The Balaban J connectivity index is 1.60. The van der Waals surface area contributed by atoms with Gasteiger partial charge in [0, 0.05) is 29.9 Å². The summed E-state index contributed by atoms with van der Waals surface area (Å²) in [7, 11) is 0. The first-order valence-electron chi connectivity index (χ1n) is 7.97. The number of nitrogens with zero attached hydrogens (tertiary/aromatic N) is 3. The van der Waals surface area contributed by atoms with Gasteiger partial charge in [0.05, 0.1) is 6.54 Å². The Labute approximate surface area is 147 Å². The van der Waals surface area contributed by atoms with Crippen LogP contribution in [0.25, 0.3) is 0 Å². The third-order valence-electron chi connectivity index (χ3n) is 4.20. The molecule has 2 heterocycles. The summed E-state index contributed by atoms with van der Waals surface area (Å²) in [6, 6.07) is 10.3. The van der Waals surface area contributed by atoms with Crippen LogP contribution in [-0.4, -0.2) is 32.4 Å². The van der Waals surface area contributed by atoms with Gasteiger partial charge in [-0.2, -0.15) is 5.10 Å². The van der Waals surface area contributed by atoms with Crippen LogP contribution in [0.4, 0.5) is 5.82 Å². The smallest absolute Gasteiger partial charge is 0.174 e. The maximum absolute atomic E-state index is 5.91. The van der Waals surface area contributed by atoms with Crippen LogP contribution in [0.3, 0.4) is 0 Å². The summed E-state index contributed by atoms with van der Waals surface area (Å²) in [4.78, 5) is 2.26. The Bertz CT molecular complexity index is 667. The summed E-state index contributed by atoms with van der Waals surface area (Å²) in [5.41, 5.74) is 1.16. The van der Waals surface area contributed by atoms with Crippen molar-refractivity contribution in [3.63, 3.8) is 0 Å². The van der Waals surface area contributed by atoms with Gasteiger partial charge in [-0.1, -0.05) is 23.7 Å². The van der Waals surface area contributed by atoms with Crippen molar-refractivity contribution in [2.75, 3.05) is 11.9 Å². The molecule has 6 heteroatoms. The van der Waals surface area contributed by atoms with Gasteiger partial charge in [0.15, 0.2) is 10.9 Å². The maximum atomic E-state index is 5.91. The number of nitrogens with one attached hydrogen (secondary N) is 1. The van der Waals surface area contributed by atoms with Gasteiger partial charge < -0.3 is 10.2 Å². The van der Waals surface area contributed by atoms with E-state index in [9.17, 15) is 0 Å². The van der Waals surface area contributed by atoms with E-state index in [2.05, 4.69) is 22.2 Å². The quantitative estimate of drug-likeness (QED) is 0.844. The number of hydrogen-bond acceptors (Lipinski definition) is 2. The Kier molecular flexibility index (Phi) is 5.18. The SMILES string of the molecule is CC1CCCCN1C(=S)Nc1ccn(Cc2ccc(Cl)cc2)n1. The zero-order chi connectivity index (χ0) is 16.2. The van der Waals surface area contributed by atoms with E-state index in [0.29, 0.717) is 12.6 Å². The first kappa shape index (κ1) is 16.3. The monoisotopic (exact) mass is 348 g/mol. The third kappa shape index (κ3) is 4.24. The van der Waals surface area contributed by atoms with Gasteiger partial charge in [0.2, 0.25) is 0 Å². The van der Waals surface area contributed by atoms with Gasteiger partial charge in [0.25, 0.3) is 0 Å². The van der Waals surface area contributed by atoms with Crippen LogP contribution in [0.15, 0.2) is 36.5 Å². The average molecular weight is 349 g/mol. The van der Waals surface area contributed by atoms with Crippen molar-refractivity contribution in [3.05, 3.63) is 47.1 Å².